The Morgan fingerprint density at radius 1 is 1.00 bits per heavy atom. The van der Waals surface area contributed by atoms with E-state index in [1.807, 2.05) is 30.3 Å². The predicted octanol–water partition coefficient (Wildman–Crippen LogP) is 3.66. The molecule has 7 heteroatoms. The Hall–Kier alpha value is -3.47. The molecule has 4 rings (SSSR count). The molecule has 3 aromatic carbocycles. The van der Waals surface area contributed by atoms with Gasteiger partial charge in [-0.2, -0.15) is 9.57 Å². The van der Waals surface area contributed by atoms with Crippen molar-refractivity contribution in [3.8, 4) is 6.07 Å². The van der Waals surface area contributed by atoms with Gasteiger partial charge in [-0.3, -0.25) is 0 Å². The molecule has 1 heterocycles. The van der Waals surface area contributed by atoms with Crippen molar-refractivity contribution < 1.29 is 17.9 Å². The van der Waals surface area contributed by atoms with Gasteiger partial charge in [0.25, 0.3) is 0 Å². The smallest absolute Gasteiger partial charge is 0.338 e. The van der Waals surface area contributed by atoms with E-state index in [1.54, 1.807) is 30.3 Å². The first kappa shape index (κ1) is 20.8. The van der Waals surface area contributed by atoms with Crippen LogP contribution in [0.25, 0.3) is 0 Å². The Morgan fingerprint density at radius 2 is 1.74 bits per heavy atom. The number of hydrogen-bond donors (Lipinski definition) is 0. The molecule has 31 heavy (non-hydrogen) atoms. The summed E-state index contributed by atoms with van der Waals surface area (Å²) in [5.74, 6) is -0.606. The molecule has 6 nitrogen and oxygen atoms in total. The fourth-order valence-electron chi connectivity index (χ4n) is 3.52. The molecule has 0 saturated carbocycles. The van der Waals surface area contributed by atoms with Gasteiger partial charge in [0.05, 0.1) is 22.1 Å². The van der Waals surface area contributed by atoms with Crippen molar-refractivity contribution in [3.63, 3.8) is 0 Å². The van der Waals surface area contributed by atoms with E-state index in [9.17, 15) is 13.2 Å². The molecule has 0 aliphatic carbocycles. The number of hydrogen-bond acceptors (Lipinski definition) is 5. The molecule has 156 valence electrons. The second-order valence-corrected chi connectivity index (χ2v) is 9.21. The van der Waals surface area contributed by atoms with Gasteiger partial charge >= 0.3 is 5.97 Å². The predicted molar refractivity (Wildman–Crippen MR) is 114 cm³/mol. The molecule has 1 aliphatic heterocycles. The number of carbonyl (C=O) groups excluding carboxylic acids is 1. The van der Waals surface area contributed by atoms with E-state index < -0.39 is 16.0 Å². The maximum atomic E-state index is 13.2. The van der Waals surface area contributed by atoms with Crippen molar-refractivity contribution >= 4 is 16.0 Å². The summed E-state index contributed by atoms with van der Waals surface area (Å²) in [4.78, 5) is 12.5. The molecule has 0 fully saturated rings. The zero-order chi connectivity index (χ0) is 21.8. The number of ether oxygens (including phenoxy) is 1. The number of benzene rings is 3. The van der Waals surface area contributed by atoms with Gasteiger partial charge in [0.1, 0.15) is 6.61 Å². The Bertz CT molecular complexity index is 1260. The summed E-state index contributed by atoms with van der Waals surface area (Å²) in [5.41, 5.74) is 3.59. The van der Waals surface area contributed by atoms with Crippen LogP contribution >= 0.6 is 0 Å². The standard InChI is InChI=1S/C24H20N2O4S/c25-15-18-8-10-19(11-9-18)17-30-24(27)21-6-3-7-23(14-21)31(28,29)26-13-12-20-4-1-2-5-22(20)16-26/h1-11,14H,12-13,16-17H2. The molecule has 0 radical (unpaired) electrons. The molecular formula is C24H20N2O4S. The molecule has 0 spiro atoms. The minimum Gasteiger partial charge on any atom is -0.457 e. The van der Waals surface area contributed by atoms with Gasteiger partial charge in [0.2, 0.25) is 10.0 Å². The summed E-state index contributed by atoms with van der Waals surface area (Å²) < 4.78 is 33.1. The SMILES string of the molecule is N#Cc1ccc(COC(=O)c2cccc(S(=O)(=O)N3CCc4ccccc4C3)c2)cc1. The zero-order valence-electron chi connectivity index (χ0n) is 16.7. The summed E-state index contributed by atoms with van der Waals surface area (Å²) in [6, 6.07) is 22.5. The van der Waals surface area contributed by atoms with E-state index in [-0.39, 0.29) is 17.1 Å². The molecule has 0 atom stereocenters. The zero-order valence-corrected chi connectivity index (χ0v) is 17.5. The quantitative estimate of drug-likeness (QED) is 0.574. The lowest BCUT2D eigenvalue weighted by Gasteiger charge is -2.28. The number of sulfonamides is 1. The number of rotatable bonds is 5. The summed E-state index contributed by atoms with van der Waals surface area (Å²) in [7, 11) is -3.74. The topological polar surface area (TPSA) is 87.5 Å². The van der Waals surface area contributed by atoms with E-state index >= 15 is 0 Å². The van der Waals surface area contributed by atoms with Crippen molar-refractivity contribution in [3.05, 3.63) is 101 Å². The first-order valence-electron chi connectivity index (χ1n) is 9.80. The molecule has 0 saturated heterocycles. The number of esters is 1. The van der Waals surface area contributed by atoms with Crippen LogP contribution in [0.2, 0.25) is 0 Å². The van der Waals surface area contributed by atoms with Crippen molar-refractivity contribution in [2.45, 2.75) is 24.5 Å². The second kappa shape index (κ2) is 8.72. The molecular weight excluding hydrogens is 412 g/mol. The first-order valence-corrected chi connectivity index (χ1v) is 11.2. The van der Waals surface area contributed by atoms with E-state index in [1.165, 1.54) is 22.5 Å². The first-order chi connectivity index (χ1) is 15.0. The number of nitriles is 1. The highest BCUT2D eigenvalue weighted by atomic mass is 32.2. The number of nitrogens with zero attached hydrogens (tertiary/aromatic N) is 2. The van der Waals surface area contributed by atoms with E-state index in [2.05, 4.69) is 0 Å². The highest BCUT2D eigenvalue weighted by Crippen LogP contribution is 2.25. The van der Waals surface area contributed by atoms with Gasteiger partial charge in [0, 0.05) is 13.1 Å². The van der Waals surface area contributed by atoms with E-state index in [0.717, 1.165) is 16.7 Å². The Labute approximate surface area is 181 Å². The van der Waals surface area contributed by atoms with Crippen LogP contribution in [-0.4, -0.2) is 25.2 Å². The van der Waals surface area contributed by atoms with Crippen LogP contribution in [-0.2, 0) is 34.3 Å². The Kier molecular flexibility index (Phi) is 5.85. The second-order valence-electron chi connectivity index (χ2n) is 7.27. The van der Waals surface area contributed by atoms with Crippen molar-refractivity contribution in [2.24, 2.45) is 0 Å². The molecule has 0 N–H and O–H groups in total. The fraction of sp³-hybridized carbons (Fsp3) is 0.167. The van der Waals surface area contributed by atoms with Crippen molar-refractivity contribution in [1.82, 2.24) is 4.31 Å². The van der Waals surface area contributed by atoms with Gasteiger partial charge in [-0.15, -0.1) is 0 Å². The lowest BCUT2D eigenvalue weighted by molar-refractivity contribution is 0.0472. The highest BCUT2D eigenvalue weighted by Gasteiger charge is 2.28. The van der Waals surface area contributed by atoms with Gasteiger partial charge in [0.15, 0.2) is 0 Å². The largest absolute Gasteiger partial charge is 0.457 e. The van der Waals surface area contributed by atoms with Crippen molar-refractivity contribution in [2.75, 3.05) is 6.54 Å². The lowest BCUT2D eigenvalue weighted by atomic mass is 10.0. The molecule has 0 bridgehead atoms. The normalized spacial score (nSPS) is 13.8. The summed E-state index contributed by atoms with van der Waals surface area (Å²) >= 11 is 0. The molecule has 1 aliphatic rings. The highest BCUT2D eigenvalue weighted by molar-refractivity contribution is 7.89. The number of carbonyl (C=O) groups is 1. The molecule has 0 aromatic heterocycles. The fourth-order valence-corrected chi connectivity index (χ4v) is 4.98. The third-order valence-electron chi connectivity index (χ3n) is 5.26. The van der Waals surface area contributed by atoms with E-state index in [4.69, 9.17) is 10.00 Å². The average Bonchev–Trinajstić information content (AvgIpc) is 2.82. The van der Waals surface area contributed by atoms with Crippen LogP contribution in [0.5, 0.6) is 0 Å². The molecule has 3 aromatic rings. The van der Waals surface area contributed by atoms with E-state index in [0.29, 0.717) is 25.1 Å². The minimum atomic E-state index is -3.74. The third kappa shape index (κ3) is 4.50. The van der Waals surface area contributed by atoms with Gasteiger partial charge < -0.3 is 4.74 Å². The van der Waals surface area contributed by atoms with Crippen LogP contribution < -0.4 is 0 Å². The van der Waals surface area contributed by atoms with Gasteiger partial charge in [-0.1, -0.05) is 42.5 Å². The lowest BCUT2D eigenvalue weighted by Crippen LogP contribution is -2.36. The maximum absolute atomic E-state index is 13.2. The Balaban J connectivity index is 1.48. The average molecular weight is 433 g/mol. The third-order valence-corrected chi connectivity index (χ3v) is 7.10. The van der Waals surface area contributed by atoms with Crippen LogP contribution in [0, 0.1) is 11.3 Å². The van der Waals surface area contributed by atoms with Crippen LogP contribution in [0.15, 0.2) is 77.7 Å². The monoisotopic (exact) mass is 432 g/mol. The van der Waals surface area contributed by atoms with Gasteiger partial charge in [-0.05, 0) is 53.4 Å². The molecule has 0 amide bonds. The van der Waals surface area contributed by atoms with Crippen LogP contribution in [0.4, 0.5) is 0 Å². The summed E-state index contributed by atoms with van der Waals surface area (Å²) in [5, 5.41) is 8.84. The summed E-state index contributed by atoms with van der Waals surface area (Å²) in [6.07, 6.45) is 0.654. The van der Waals surface area contributed by atoms with Gasteiger partial charge in [-0.25, -0.2) is 13.2 Å². The minimum absolute atomic E-state index is 0.0322. The number of fused-ring (bicyclic) bond motifs is 1. The Morgan fingerprint density at radius 3 is 2.48 bits per heavy atom. The maximum Gasteiger partial charge on any atom is 0.338 e. The molecule has 0 unspecified atom stereocenters. The van der Waals surface area contributed by atoms with Crippen LogP contribution in [0.3, 0.4) is 0 Å². The van der Waals surface area contributed by atoms with Crippen LogP contribution in [0.1, 0.15) is 32.6 Å². The van der Waals surface area contributed by atoms with Crippen molar-refractivity contribution in [1.29, 1.82) is 5.26 Å². The summed E-state index contributed by atoms with van der Waals surface area (Å²) in [6.45, 7) is 0.739.